The second-order valence-corrected chi connectivity index (χ2v) is 6.89. The summed E-state index contributed by atoms with van der Waals surface area (Å²) < 4.78 is 0. The highest BCUT2D eigenvalue weighted by Gasteiger charge is 2.18. The summed E-state index contributed by atoms with van der Waals surface area (Å²) >= 11 is 0. The maximum absolute atomic E-state index is 2.40. The highest BCUT2D eigenvalue weighted by Crippen LogP contribution is 2.33. The minimum atomic E-state index is 0.512. The Balaban J connectivity index is 1.45. The number of rotatable bonds is 5. The molecule has 0 aromatic heterocycles. The van der Waals surface area contributed by atoms with Gasteiger partial charge in [0.25, 0.3) is 0 Å². The van der Waals surface area contributed by atoms with Crippen molar-refractivity contribution in [3.63, 3.8) is 0 Å². The molecule has 4 rings (SSSR count). The quantitative estimate of drug-likeness (QED) is 0.663. The van der Waals surface area contributed by atoms with E-state index in [1.165, 1.54) is 33.4 Å². The third kappa shape index (κ3) is 3.14. The first-order valence-electron chi connectivity index (χ1n) is 9.07. The van der Waals surface area contributed by atoms with Gasteiger partial charge in [0, 0.05) is 5.92 Å². The molecule has 0 saturated heterocycles. The van der Waals surface area contributed by atoms with E-state index >= 15 is 0 Å². The number of fused-ring (bicyclic) bond motifs is 1. The molecule has 0 unspecified atom stereocenters. The Bertz CT molecular complexity index is 804. The molecule has 2 aliphatic rings. The van der Waals surface area contributed by atoms with E-state index < -0.39 is 0 Å². The van der Waals surface area contributed by atoms with E-state index in [0.29, 0.717) is 5.92 Å². The van der Waals surface area contributed by atoms with Gasteiger partial charge in [-0.2, -0.15) is 0 Å². The van der Waals surface area contributed by atoms with Gasteiger partial charge in [0.05, 0.1) is 0 Å². The molecule has 2 aromatic carbocycles. The molecular formula is C24H24. The lowest BCUT2D eigenvalue weighted by atomic mass is 9.98. The molecule has 0 spiro atoms. The zero-order valence-electron chi connectivity index (χ0n) is 14.3. The molecule has 0 aliphatic heterocycles. The monoisotopic (exact) mass is 312 g/mol. The maximum atomic E-state index is 2.40. The second-order valence-electron chi connectivity index (χ2n) is 6.89. The lowest BCUT2D eigenvalue weighted by molar-refractivity contribution is 0.939. The summed E-state index contributed by atoms with van der Waals surface area (Å²) in [4.78, 5) is 0. The molecule has 0 amide bonds. The van der Waals surface area contributed by atoms with Gasteiger partial charge in [-0.15, -0.1) is 0 Å². The third-order valence-corrected chi connectivity index (χ3v) is 5.26. The van der Waals surface area contributed by atoms with Crippen LogP contribution < -0.4 is 0 Å². The largest absolute Gasteiger partial charge is 0.0736 e. The fourth-order valence-electron chi connectivity index (χ4n) is 3.69. The summed E-state index contributed by atoms with van der Waals surface area (Å²) in [5.41, 5.74) is 8.74. The van der Waals surface area contributed by atoms with E-state index in [4.69, 9.17) is 0 Å². The van der Waals surface area contributed by atoms with Gasteiger partial charge >= 0.3 is 0 Å². The molecule has 0 fully saturated rings. The van der Waals surface area contributed by atoms with Crippen LogP contribution in [0.4, 0.5) is 0 Å². The molecule has 24 heavy (non-hydrogen) atoms. The van der Waals surface area contributed by atoms with Crippen LogP contribution in [0.25, 0.3) is 6.08 Å². The van der Waals surface area contributed by atoms with Gasteiger partial charge in [-0.25, -0.2) is 0 Å². The van der Waals surface area contributed by atoms with Crippen molar-refractivity contribution in [3.05, 3.63) is 100 Å². The van der Waals surface area contributed by atoms with Crippen LogP contribution in [0.15, 0.2) is 72.3 Å². The van der Waals surface area contributed by atoms with Crippen LogP contribution in [0.1, 0.15) is 34.7 Å². The van der Waals surface area contributed by atoms with E-state index in [2.05, 4.69) is 79.8 Å². The predicted molar refractivity (Wildman–Crippen MR) is 103 cm³/mol. The summed E-state index contributed by atoms with van der Waals surface area (Å²) in [5.74, 6) is 0.512. The maximum Gasteiger partial charge on any atom is 0.0170 e. The summed E-state index contributed by atoms with van der Waals surface area (Å²) in [7, 11) is 0. The number of hydrogen-bond acceptors (Lipinski definition) is 0. The normalized spacial score (nSPS) is 15.8. The lowest BCUT2D eigenvalue weighted by Crippen LogP contribution is -1.95. The SMILES string of the molecule is CCc1ccc(CCc2ccc3c(c2)C=C(C2C=CC=C2)C3)cc1. The fourth-order valence-corrected chi connectivity index (χ4v) is 3.69. The average Bonchev–Trinajstić information content (AvgIpc) is 3.29. The Morgan fingerprint density at radius 3 is 2.25 bits per heavy atom. The van der Waals surface area contributed by atoms with Crippen LogP contribution >= 0.6 is 0 Å². The summed E-state index contributed by atoms with van der Waals surface area (Å²) in [6.45, 7) is 2.21. The van der Waals surface area contributed by atoms with Crippen LogP contribution in [0.2, 0.25) is 0 Å². The van der Waals surface area contributed by atoms with Crippen molar-refractivity contribution in [3.8, 4) is 0 Å². The zero-order chi connectivity index (χ0) is 16.4. The van der Waals surface area contributed by atoms with Crippen LogP contribution in [-0.2, 0) is 25.7 Å². The molecule has 120 valence electrons. The Morgan fingerprint density at radius 1 is 0.833 bits per heavy atom. The molecule has 0 radical (unpaired) electrons. The molecular weight excluding hydrogens is 288 g/mol. The Labute approximate surface area is 145 Å². The highest BCUT2D eigenvalue weighted by molar-refractivity contribution is 5.66. The molecule has 0 atom stereocenters. The highest BCUT2D eigenvalue weighted by atomic mass is 14.2. The van der Waals surface area contributed by atoms with Crippen molar-refractivity contribution in [2.75, 3.05) is 0 Å². The average molecular weight is 312 g/mol. The van der Waals surface area contributed by atoms with Gasteiger partial charge in [-0.1, -0.05) is 85.3 Å². The van der Waals surface area contributed by atoms with E-state index in [-0.39, 0.29) is 0 Å². The Morgan fingerprint density at radius 2 is 1.50 bits per heavy atom. The molecule has 0 nitrogen and oxygen atoms in total. The van der Waals surface area contributed by atoms with Crippen molar-refractivity contribution < 1.29 is 0 Å². The van der Waals surface area contributed by atoms with Crippen LogP contribution in [0.3, 0.4) is 0 Å². The number of allylic oxidation sites excluding steroid dienone is 5. The van der Waals surface area contributed by atoms with Crippen LogP contribution in [0, 0.1) is 5.92 Å². The zero-order valence-corrected chi connectivity index (χ0v) is 14.3. The smallest absolute Gasteiger partial charge is 0.0170 e. The van der Waals surface area contributed by atoms with Gasteiger partial charge in [0.1, 0.15) is 0 Å². The second kappa shape index (κ2) is 6.65. The molecule has 0 bridgehead atoms. The van der Waals surface area contributed by atoms with Crippen LogP contribution in [0.5, 0.6) is 0 Å². The van der Waals surface area contributed by atoms with Crippen molar-refractivity contribution in [2.45, 2.75) is 32.6 Å². The summed E-state index contributed by atoms with van der Waals surface area (Å²) in [5, 5.41) is 0. The van der Waals surface area contributed by atoms with Crippen molar-refractivity contribution >= 4 is 6.08 Å². The number of aryl methyl sites for hydroxylation is 3. The van der Waals surface area contributed by atoms with E-state index in [1.54, 1.807) is 0 Å². The molecule has 0 N–H and O–H groups in total. The first-order valence-corrected chi connectivity index (χ1v) is 9.07. The van der Waals surface area contributed by atoms with Crippen molar-refractivity contribution in [2.24, 2.45) is 5.92 Å². The van der Waals surface area contributed by atoms with Crippen molar-refractivity contribution in [1.29, 1.82) is 0 Å². The molecule has 2 aromatic rings. The molecule has 0 heterocycles. The van der Waals surface area contributed by atoms with Gasteiger partial charge in [-0.05, 0) is 53.5 Å². The van der Waals surface area contributed by atoms with Gasteiger partial charge < -0.3 is 0 Å². The van der Waals surface area contributed by atoms with Crippen molar-refractivity contribution in [1.82, 2.24) is 0 Å². The summed E-state index contributed by atoms with van der Waals surface area (Å²) in [6, 6.07) is 16.1. The molecule has 0 saturated carbocycles. The minimum absolute atomic E-state index is 0.512. The minimum Gasteiger partial charge on any atom is -0.0736 e. The predicted octanol–water partition coefficient (Wildman–Crippen LogP) is 5.72. The molecule has 2 aliphatic carbocycles. The number of hydrogen-bond donors (Lipinski definition) is 0. The number of benzene rings is 2. The summed E-state index contributed by atoms with van der Waals surface area (Å²) in [6.07, 6.45) is 15.8. The van der Waals surface area contributed by atoms with E-state index in [1.807, 2.05) is 0 Å². The first-order chi connectivity index (χ1) is 11.8. The third-order valence-electron chi connectivity index (χ3n) is 5.26. The molecule has 0 heteroatoms. The Hall–Kier alpha value is -2.34. The topological polar surface area (TPSA) is 0 Å². The Kier molecular flexibility index (Phi) is 4.21. The lowest BCUT2D eigenvalue weighted by Gasteiger charge is -2.07. The first kappa shape index (κ1) is 15.2. The van der Waals surface area contributed by atoms with Gasteiger partial charge in [-0.3, -0.25) is 0 Å². The standard InChI is InChI=1S/C24H24/c1-2-18-7-9-19(10-8-18)11-12-20-13-14-22-16-24(17-23(22)15-20)21-5-3-4-6-21/h3-10,13-15,17,21H,2,11-12,16H2,1H3. The van der Waals surface area contributed by atoms with Gasteiger partial charge in [0.2, 0.25) is 0 Å². The van der Waals surface area contributed by atoms with Gasteiger partial charge in [0.15, 0.2) is 0 Å². The van der Waals surface area contributed by atoms with E-state index in [0.717, 1.165) is 25.7 Å². The van der Waals surface area contributed by atoms with Crippen LogP contribution in [-0.4, -0.2) is 0 Å². The fraction of sp³-hybridized carbons (Fsp3) is 0.250. The van der Waals surface area contributed by atoms with E-state index in [9.17, 15) is 0 Å².